The highest BCUT2D eigenvalue weighted by molar-refractivity contribution is 5.92. The average molecular weight is 447 g/mol. The van der Waals surface area contributed by atoms with E-state index in [-0.39, 0.29) is 6.10 Å². The number of carbonyl (C=O) groups is 3. The van der Waals surface area contributed by atoms with Crippen LogP contribution in [-0.4, -0.2) is 47.4 Å². The summed E-state index contributed by atoms with van der Waals surface area (Å²) in [4.78, 5) is 38.5. The van der Waals surface area contributed by atoms with Crippen LogP contribution in [0.1, 0.15) is 67.7 Å². The van der Waals surface area contributed by atoms with Gasteiger partial charge in [-0.15, -0.1) is 0 Å². The molecule has 6 atom stereocenters. The van der Waals surface area contributed by atoms with Crippen LogP contribution in [0, 0.1) is 5.92 Å². The molecular formula is C25H34O7. The Hall–Kier alpha value is -2.41. The van der Waals surface area contributed by atoms with Crippen molar-refractivity contribution in [2.45, 2.75) is 97.2 Å². The van der Waals surface area contributed by atoms with Crippen LogP contribution in [0.5, 0.6) is 0 Å². The van der Waals surface area contributed by atoms with Crippen molar-refractivity contribution in [3.05, 3.63) is 34.9 Å². The first-order valence-electron chi connectivity index (χ1n) is 11.2. The molecule has 2 saturated heterocycles. The second-order valence-corrected chi connectivity index (χ2v) is 9.45. The summed E-state index contributed by atoms with van der Waals surface area (Å²) in [5.74, 6) is -2.44. The number of hydrogen-bond acceptors (Lipinski definition) is 7. The molecule has 3 aliphatic rings. The van der Waals surface area contributed by atoms with Gasteiger partial charge in [0.1, 0.15) is 12.2 Å². The van der Waals surface area contributed by atoms with Crippen LogP contribution in [0.3, 0.4) is 0 Å². The molecule has 0 aromatic heterocycles. The zero-order chi connectivity index (χ0) is 23.8. The van der Waals surface area contributed by atoms with Gasteiger partial charge in [0, 0.05) is 17.6 Å². The summed E-state index contributed by atoms with van der Waals surface area (Å²) in [5, 5.41) is 0. The molecule has 0 radical (unpaired) electrons. The molecule has 2 fully saturated rings. The highest BCUT2D eigenvalue weighted by Crippen LogP contribution is 2.50. The SMILES string of the molecule is C/C=C(/C)C(=O)O[C@@H]1/C=C(\C)CC[C@H]2O[C@@]2(C)C[C@H]2OC(=O)[C@](C)(OC(=O)/C(C)=C\C)[C@H]12. The van der Waals surface area contributed by atoms with Crippen molar-refractivity contribution in [2.75, 3.05) is 0 Å². The van der Waals surface area contributed by atoms with E-state index in [1.165, 1.54) is 0 Å². The molecular weight excluding hydrogens is 412 g/mol. The molecule has 7 nitrogen and oxygen atoms in total. The third-order valence-electron chi connectivity index (χ3n) is 7.00. The van der Waals surface area contributed by atoms with E-state index < -0.39 is 47.2 Å². The van der Waals surface area contributed by atoms with E-state index in [1.807, 2.05) is 19.9 Å². The van der Waals surface area contributed by atoms with Gasteiger partial charge in [0.25, 0.3) is 0 Å². The maximum Gasteiger partial charge on any atom is 0.351 e. The van der Waals surface area contributed by atoms with Crippen LogP contribution in [0.2, 0.25) is 0 Å². The number of esters is 3. The second-order valence-electron chi connectivity index (χ2n) is 9.45. The third-order valence-corrected chi connectivity index (χ3v) is 7.00. The zero-order valence-electron chi connectivity index (χ0n) is 20.0. The maximum atomic E-state index is 13.1. The minimum Gasteiger partial charge on any atom is -0.459 e. The predicted molar refractivity (Wildman–Crippen MR) is 117 cm³/mol. The fraction of sp³-hybridized carbons (Fsp3) is 0.640. The average Bonchev–Trinajstić information content (AvgIpc) is 3.31. The van der Waals surface area contributed by atoms with Gasteiger partial charge in [-0.1, -0.05) is 17.7 Å². The maximum absolute atomic E-state index is 13.1. The Kier molecular flexibility index (Phi) is 6.70. The van der Waals surface area contributed by atoms with Crippen molar-refractivity contribution in [1.29, 1.82) is 0 Å². The van der Waals surface area contributed by atoms with Gasteiger partial charge in [-0.25, -0.2) is 14.4 Å². The molecule has 3 rings (SSSR count). The highest BCUT2D eigenvalue weighted by atomic mass is 16.6. The first-order valence-corrected chi connectivity index (χ1v) is 11.2. The van der Waals surface area contributed by atoms with E-state index in [4.69, 9.17) is 18.9 Å². The summed E-state index contributed by atoms with van der Waals surface area (Å²) < 4.78 is 23.4. The van der Waals surface area contributed by atoms with Crippen molar-refractivity contribution >= 4 is 17.9 Å². The number of carbonyl (C=O) groups excluding carboxylic acids is 3. The van der Waals surface area contributed by atoms with Gasteiger partial charge >= 0.3 is 17.9 Å². The van der Waals surface area contributed by atoms with E-state index in [1.54, 1.807) is 46.8 Å². The van der Waals surface area contributed by atoms with Crippen LogP contribution in [0.4, 0.5) is 0 Å². The fourth-order valence-electron chi connectivity index (χ4n) is 4.52. The molecule has 176 valence electrons. The largest absolute Gasteiger partial charge is 0.459 e. The molecule has 2 heterocycles. The Bertz CT molecular complexity index is 898. The molecule has 0 amide bonds. The summed E-state index contributed by atoms with van der Waals surface area (Å²) >= 11 is 0. The number of fused-ring (bicyclic) bond motifs is 2. The van der Waals surface area contributed by atoms with Crippen LogP contribution in [-0.2, 0) is 33.3 Å². The minimum atomic E-state index is -1.61. The lowest BCUT2D eigenvalue weighted by Crippen LogP contribution is -2.50. The van der Waals surface area contributed by atoms with Crippen molar-refractivity contribution < 1.29 is 33.3 Å². The van der Waals surface area contributed by atoms with Crippen molar-refractivity contribution in [2.24, 2.45) is 5.92 Å². The fourth-order valence-corrected chi connectivity index (χ4v) is 4.52. The summed E-state index contributed by atoms with van der Waals surface area (Å²) in [5.41, 5.74) is -0.196. The lowest BCUT2D eigenvalue weighted by atomic mass is 9.77. The van der Waals surface area contributed by atoms with Crippen molar-refractivity contribution in [3.8, 4) is 0 Å². The molecule has 0 saturated carbocycles. The van der Waals surface area contributed by atoms with E-state index in [0.29, 0.717) is 17.6 Å². The van der Waals surface area contributed by atoms with Gasteiger partial charge in [0.05, 0.1) is 17.6 Å². The summed E-state index contributed by atoms with van der Waals surface area (Å²) in [6.45, 7) is 12.3. The first-order chi connectivity index (χ1) is 14.9. The highest BCUT2D eigenvalue weighted by Gasteiger charge is 2.64. The molecule has 0 spiro atoms. The molecule has 7 heteroatoms. The number of allylic oxidation sites excluding steroid dienone is 3. The Balaban J connectivity index is 2.06. The number of rotatable bonds is 4. The number of epoxide rings is 1. The van der Waals surface area contributed by atoms with Gasteiger partial charge in [-0.2, -0.15) is 0 Å². The molecule has 0 unspecified atom stereocenters. The van der Waals surface area contributed by atoms with Gasteiger partial charge in [0.15, 0.2) is 0 Å². The Morgan fingerprint density at radius 3 is 2.38 bits per heavy atom. The molecule has 0 aromatic rings. The Labute approximate surface area is 189 Å². The Morgan fingerprint density at radius 2 is 1.75 bits per heavy atom. The van der Waals surface area contributed by atoms with E-state index in [2.05, 4.69) is 0 Å². The number of ether oxygens (including phenoxy) is 4. The topological polar surface area (TPSA) is 91.4 Å². The predicted octanol–water partition coefficient (Wildman–Crippen LogP) is 3.96. The smallest absolute Gasteiger partial charge is 0.351 e. The lowest BCUT2D eigenvalue weighted by Gasteiger charge is -2.34. The summed E-state index contributed by atoms with van der Waals surface area (Å²) in [6, 6.07) is 0. The summed E-state index contributed by atoms with van der Waals surface area (Å²) in [6.07, 6.45) is 5.84. The monoisotopic (exact) mass is 446 g/mol. The number of hydrogen-bond donors (Lipinski definition) is 0. The van der Waals surface area contributed by atoms with E-state index in [0.717, 1.165) is 18.4 Å². The van der Waals surface area contributed by atoms with Gasteiger partial charge < -0.3 is 18.9 Å². The zero-order valence-corrected chi connectivity index (χ0v) is 20.0. The molecule has 1 aliphatic carbocycles. The minimum absolute atomic E-state index is 0.0780. The van der Waals surface area contributed by atoms with E-state index >= 15 is 0 Å². The van der Waals surface area contributed by atoms with Crippen LogP contribution < -0.4 is 0 Å². The molecule has 0 N–H and O–H groups in total. The van der Waals surface area contributed by atoms with E-state index in [9.17, 15) is 14.4 Å². The molecule has 0 aromatic carbocycles. The van der Waals surface area contributed by atoms with Gasteiger partial charge in [0.2, 0.25) is 5.60 Å². The third kappa shape index (κ3) is 4.53. The second kappa shape index (κ2) is 8.85. The van der Waals surface area contributed by atoms with Crippen LogP contribution in [0.15, 0.2) is 34.9 Å². The van der Waals surface area contributed by atoms with Gasteiger partial charge in [-0.05, 0) is 67.4 Å². The van der Waals surface area contributed by atoms with Crippen LogP contribution >= 0.6 is 0 Å². The molecule has 0 bridgehead atoms. The van der Waals surface area contributed by atoms with Crippen molar-refractivity contribution in [3.63, 3.8) is 0 Å². The standard InChI is InChI=1S/C25H34O7/c1-8-15(4)21(26)29-17-12-14(3)10-11-19-24(6,31-19)13-18-20(17)25(7,23(28)30-18)32-22(27)16(5)9-2/h8-9,12,17-20H,10-11,13H2,1-7H3/b14-12+,15-8-,16-9-/t17-,18-,19-,20-,24+,25-/m1/s1. The molecule has 2 aliphatic heterocycles. The Morgan fingerprint density at radius 1 is 1.12 bits per heavy atom. The lowest BCUT2D eigenvalue weighted by molar-refractivity contribution is -0.174. The summed E-state index contributed by atoms with van der Waals surface area (Å²) in [7, 11) is 0. The quantitative estimate of drug-likeness (QED) is 0.212. The van der Waals surface area contributed by atoms with Crippen molar-refractivity contribution in [1.82, 2.24) is 0 Å². The molecule has 32 heavy (non-hydrogen) atoms. The van der Waals surface area contributed by atoms with Crippen LogP contribution in [0.25, 0.3) is 0 Å². The van der Waals surface area contributed by atoms with Gasteiger partial charge in [-0.3, -0.25) is 0 Å². The first kappa shape index (κ1) is 24.2. The normalized spacial score (nSPS) is 39.1.